The Hall–Kier alpha value is -0.940. The quantitative estimate of drug-likeness (QED) is 0.581. The molecule has 0 fully saturated rings. The van der Waals surface area contributed by atoms with Crippen molar-refractivity contribution >= 4 is 6.09 Å². The molecule has 0 aliphatic carbocycles. The molecule has 0 aliphatic heterocycles. The summed E-state index contributed by atoms with van der Waals surface area (Å²) in [5.74, 6) is 0. The van der Waals surface area contributed by atoms with Crippen LogP contribution in [0, 0.1) is 0 Å². The molecule has 0 atom stereocenters. The molecule has 0 heterocycles. The smallest absolute Gasteiger partial charge is 0.450 e. The summed E-state index contributed by atoms with van der Waals surface area (Å²) >= 11 is 0. The maximum Gasteiger partial charge on any atom is 0.487 e. The second kappa shape index (κ2) is 3.28. The monoisotopic (exact) mass is 157 g/mol. The third-order valence-electron chi connectivity index (χ3n) is 0.519. The van der Waals surface area contributed by atoms with Gasteiger partial charge in [-0.15, -0.1) is 0 Å². The van der Waals surface area contributed by atoms with Gasteiger partial charge in [0.25, 0.3) is 0 Å². The van der Waals surface area contributed by atoms with Crippen LogP contribution in [-0.4, -0.2) is 19.0 Å². The van der Waals surface area contributed by atoms with Crippen molar-refractivity contribution in [1.82, 2.24) is 5.32 Å². The summed E-state index contributed by atoms with van der Waals surface area (Å²) in [5.41, 5.74) is 0. The number of ether oxygens (including phenoxy) is 1. The van der Waals surface area contributed by atoms with Crippen molar-refractivity contribution in [3.8, 4) is 0 Å². The molecular weight excluding hydrogens is 151 g/mol. The normalized spacial score (nSPS) is 10.8. The number of halogens is 3. The highest BCUT2D eigenvalue weighted by atomic mass is 19.4. The molecule has 0 rings (SSSR count). The number of nitrogens with one attached hydrogen (secondary N) is 1. The summed E-state index contributed by atoms with van der Waals surface area (Å²) in [6.07, 6.45) is -6.18. The van der Waals surface area contributed by atoms with E-state index in [1.165, 1.54) is 6.92 Å². The lowest BCUT2D eigenvalue weighted by atomic mass is 10.8. The van der Waals surface area contributed by atoms with Crippen LogP contribution in [0.4, 0.5) is 18.0 Å². The minimum Gasteiger partial charge on any atom is -0.450 e. The van der Waals surface area contributed by atoms with E-state index in [0.29, 0.717) is 5.32 Å². The zero-order chi connectivity index (χ0) is 8.20. The highest BCUT2D eigenvalue weighted by Gasteiger charge is 2.30. The number of rotatable bonds is 1. The van der Waals surface area contributed by atoms with Crippen molar-refractivity contribution < 1.29 is 22.7 Å². The fourth-order valence-corrected chi connectivity index (χ4v) is 0.283. The van der Waals surface area contributed by atoms with E-state index in [1.807, 2.05) is 0 Å². The summed E-state index contributed by atoms with van der Waals surface area (Å²) in [7, 11) is 0. The van der Waals surface area contributed by atoms with Crippen LogP contribution in [0.25, 0.3) is 0 Å². The van der Waals surface area contributed by atoms with E-state index in [4.69, 9.17) is 0 Å². The van der Waals surface area contributed by atoms with Crippen molar-refractivity contribution in [3.05, 3.63) is 0 Å². The zero-order valence-corrected chi connectivity index (χ0v) is 5.16. The van der Waals surface area contributed by atoms with E-state index in [2.05, 4.69) is 4.74 Å². The molecule has 0 radical (unpaired) electrons. The molecule has 0 spiro atoms. The Morgan fingerprint density at radius 2 is 2.10 bits per heavy atom. The summed E-state index contributed by atoms with van der Waals surface area (Å²) < 4.78 is 37.6. The first kappa shape index (κ1) is 9.06. The van der Waals surface area contributed by atoms with E-state index in [9.17, 15) is 18.0 Å². The first-order valence-corrected chi connectivity index (χ1v) is 2.47. The van der Waals surface area contributed by atoms with Crippen LogP contribution >= 0.6 is 0 Å². The molecule has 3 nitrogen and oxygen atoms in total. The van der Waals surface area contributed by atoms with Crippen LogP contribution in [0.2, 0.25) is 0 Å². The second-order valence-corrected chi connectivity index (χ2v) is 1.34. The number of carbonyl (C=O) groups excluding carboxylic acids is 1. The summed E-state index contributed by atoms with van der Waals surface area (Å²) in [4.78, 5) is 10.0. The van der Waals surface area contributed by atoms with Crippen molar-refractivity contribution in [2.24, 2.45) is 0 Å². The lowest BCUT2D eigenvalue weighted by molar-refractivity contribution is -0.149. The Morgan fingerprint density at radius 3 is 2.40 bits per heavy atom. The lowest BCUT2D eigenvalue weighted by Gasteiger charge is -2.06. The van der Waals surface area contributed by atoms with Crippen LogP contribution in [0.1, 0.15) is 6.92 Å². The molecular formula is C4H6F3NO2. The van der Waals surface area contributed by atoms with Gasteiger partial charge in [0.2, 0.25) is 0 Å². The Balaban J connectivity index is 3.58. The average molecular weight is 157 g/mol. The summed E-state index contributed by atoms with van der Waals surface area (Å²) in [6.45, 7) is 1.33. The molecule has 60 valence electrons. The van der Waals surface area contributed by atoms with Gasteiger partial charge in [-0.3, -0.25) is 0 Å². The van der Waals surface area contributed by atoms with Gasteiger partial charge < -0.3 is 4.74 Å². The molecule has 0 unspecified atom stereocenters. The van der Waals surface area contributed by atoms with Gasteiger partial charge >= 0.3 is 12.4 Å². The van der Waals surface area contributed by atoms with E-state index < -0.39 is 12.4 Å². The minimum absolute atomic E-state index is 0.0814. The van der Waals surface area contributed by atoms with Gasteiger partial charge in [0.15, 0.2) is 0 Å². The van der Waals surface area contributed by atoms with Gasteiger partial charge in [-0.25, -0.2) is 10.1 Å². The molecule has 0 saturated heterocycles. The van der Waals surface area contributed by atoms with E-state index in [-0.39, 0.29) is 6.61 Å². The zero-order valence-electron chi connectivity index (χ0n) is 5.16. The third kappa shape index (κ3) is 5.20. The number of alkyl halides is 3. The molecule has 1 amide bonds. The topological polar surface area (TPSA) is 38.3 Å². The third-order valence-corrected chi connectivity index (χ3v) is 0.519. The van der Waals surface area contributed by atoms with Crippen LogP contribution in [-0.2, 0) is 4.74 Å². The number of amides is 1. The fourth-order valence-electron chi connectivity index (χ4n) is 0.283. The fraction of sp³-hybridized carbons (Fsp3) is 0.750. The Morgan fingerprint density at radius 1 is 1.60 bits per heavy atom. The van der Waals surface area contributed by atoms with Gasteiger partial charge in [-0.1, -0.05) is 0 Å². The molecule has 0 aliphatic rings. The Kier molecular flexibility index (Phi) is 2.98. The van der Waals surface area contributed by atoms with Gasteiger partial charge in [0, 0.05) is 0 Å². The summed E-state index contributed by atoms with van der Waals surface area (Å²) in [6, 6.07) is 0. The molecule has 0 saturated carbocycles. The van der Waals surface area contributed by atoms with E-state index >= 15 is 0 Å². The molecule has 6 heteroatoms. The van der Waals surface area contributed by atoms with Crippen molar-refractivity contribution in [3.63, 3.8) is 0 Å². The van der Waals surface area contributed by atoms with E-state index in [0.717, 1.165) is 0 Å². The Bertz CT molecular complexity index is 122. The van der Waals surface area contributed by atoms with Gasteiger partial charge in [-0.05, 0) is 6.92 Å². The first-order valence-electron chi connectivity index (χ1n) is 2.47. The number of hydrogen-bond donors (Lipinski definition) is 1. The minimum atomic E-state index is -4.70. The van der Waals surface area contributed by atoms with Crippen LogP contribution in [0.5, 0.6) is 0 Å². The molecule has 0 aromatic rings. The highest BCUT2D eigenvalue weighted by molar-refractivity contribution is 5.67. The lowest BCUT2D eigenvalue weighted by Crippen LogP contribution is -2.37. The first-order chi connectivity index (χ1) is 4.45. The van der Waals surface area contributed by atoms with Gasteiger partial charge in [0.1, 0.15) is 0 Å². The molecule has 0 bridgehead atoms. The van der Waals surface area contributed by atoms with Gasteiger partial charge in [-0.2, -0.15) is 13.2 Å². The van der Waals surface area contributed by atoms with Crippen LogP contribution < -0.4 is 5.32 Å². The largest absolute Gasteiger partial charge is 0.487 e. The predicted octanol–water partition coefficient (Wildman–Crippen LogP) is 1.25. The number of hydrogen-bond acceptors (Lipinski definition) is 2. The molecule has 10 heavy (non-hydrogen) atoms. The van der Waals surface area contributed by atoms with Gasteiger partial charge in [0.05, 0.1) is 6.61 Å². The second-order valence-electron chi connectivity index (χ2n) is 1.34. The maximum absolute atomic E-state index is 11.2. The SMILES string of the molecule is CCOC(=O)NC(F)(F)F. The number of carbonyl (C=O) groups is 1. The summed E-state index contributed by atoms with van der Waals surface area (Å²) in [5, 5.41) is 0.659. The highest BCUT2D eigenvalue weighted by Crippen LogP contribution is 2.08. The Labute approximate surface area is 55.2 Å². The maximum atomic E-state index is 11.2. The molecule has 0 aromatic carbocycles. The van der Waals surface area contributed by atoms with Crippen LogP contribution in [0.15, 0.2) is 0 Å². The molecule has 1 N–H and O–H groups in total. The predicted molar refractivity (Wildman–Crippen MR) is 26.2 cm³/mol. The average Bonchev–Trinajstić information content (AvgIpc) is 1.59. The number of alkyl carbamates (subject to hydrolysis) is 1. The van der Waals surface area contributed by atoms with Crippen molar-refractivity contribution in [2.75, 3.05) is 6.61 Å². The molecule has 0 aromatic heterocycles. The van der Waals surface area contributed by atoms with E-state index in [1.54, 1.807) is 0 Å². The van der Waals surface area contributed by atoms with Crippen molar-refractivity contribution in [1.29, 1.82) is 0 Å². The van der Waals surface area contributed by atoms with Crippen molar-refractivity contribution in [2.45, 2.75) is 13.2 Å². The standard InChI is InChI=1S/C4H6F3NO2/c1-2-10-3(9)8-4(5,6)7/h2H2,1H3,(H,8,9). The van der Waals surface area contributed by atoms with Crippen LogP contribution in [0.3, 0.4) is 0 Å².